The number of carbonyl (C=O) groups excluding carboxylic acids is 1. The summed E-state index contributed by atoms with van der Waals surface area (Å²) in [5.74, 6) is 0.534. The summed E-state index contributed by atoms with van der Waals surface area (Å²) < 4.78 is 26.7. The lowest BCUT2D eigenvalue weighted by molar-refractivity contribution is -0.120. The first-order valence-electron chi connectivity index (χ1n) is 8.75. The number of sulfonamides is 1. The Morgan fingerprint density at radius 1 is 1.12 bits per heavy atom. The Bertz CT molecular complexity index is 633. The van der Waals surface area contributed by atoms with Crippen LogP contribution in [0.15, 0.2) is 29.2 Å². The second-order valence-electron chi connectivity index (χ2n) is 6.82. The van der Waals surface area contributed by atoms with Gasteiger partial charge in [0.1, 0.15) is 0 Å². The maximum atomic E-state index is 12.6. The normalized spacial score (nSPS) is 16.3. The lowest BCUT2D eigenvalue weighted by Gasteiger charge is -2.25. The minimum absolute atomic E-state index is 0.0257. The molecule has 1 aromatic rings. The van der Waals surface area contributed by atoms with Gasteiger partial charge in [-0.15, -0.1) is 0 Å². The summed E-state index contributed by atoms with van der Waals surface area (Å²) in [5.41, 5.74) is 0.828. The quantitative estimate of drug-likeness (QED) is 0.820. The lowest BCUT2D eigenvalue weighted by Crippen LogP contribution is -2.35. The first-order chi connectivity index (χ1) is 11.4. The number of hydrogen-bond donors (Lipinski definition) is 1. The highest BCUT2D eigenvalue weighted by Gasteiger charge is 2.25. The molecule has 0 aromatic heterocycles. The van der Waals surface area contributed by atoms with E-state index in [9.17, 15) is 13.2 Å². The summed E-state index contributed by atoms with van der Waals surface area (Å²) in [6.45, 7) is 6.12. The van der Waals surface area contributed by atoms with Gasteiger partial charge in [0.15, 0.2) is 0 Å². The molecule has 134 valence electrons. The number of nitrogens with one attached hydrogen (secondary N) is 1. The van der Waals surface area contributed by atoms with Crippen molar-refractivity contribution in [3.63, 3.8) is 0 Å². The summed E-state index contributed by atoms with van der Waals surface area (Å²) in [4.78, 5) is 12.2. The van der Waals surface area contributed by atoms with E-state index < -0.39 is 10.0 Å². The van der Waals surface area contributed by atoms with E-state index in [4.69, 9.17) is 0 Å². The van der Waals surface area contributed by atoms with Crippen molar-refractivity contribution in [2.24, 2.45) is 5.92 Å². The van der Waals surface area contributed by atoms with Crippen LogP contribution in [-0.4, -0.2) is 38.3 Å². The van der Waals surface area contributed by atoms with E-state index >= 15 is 0 Å². The molecule has 1 fully saturated rings. The van der Waals surface area contributed by atoms with Crippen molar-refractivity contribution in [2.45, 2.75) is 50.8 Å². The summed E-state index contributed by atoms with van der Waals surface area (Å²) in [5, 5.41) is 2.89. The molecule has 1 saturated heterocycles. The molecule has 0 radical (unpaired) electrons. The average Bonchev–Trinajstić information content (AvgIpc) is 2.56. The van der Waals surface area contributed by atoms with Crippen LogP contribution >= 0.6 is 0 Å². The van der Waals surface area contributed by atoms with E-state index in [0.717, 1.165) is 31.2 Å². The zero-order valence-corrected chi connectivity index (χ0v) is 15.4. The highest BCUT2D eigenvalue weighted by atomic mass is 32.2. The molecule has 0 bridgehead atoms. The molecule has 1 aliphatic heterocycles. The molecular weight excluding hydrogens is 324 g/mol. The van der Waals surface area contributed by atoms with Crippen molar-refractivity contribution in [1.82, 2.24) is 9.62 Å². The maximum absolute atomic E-state index is 12.6. The van der Waals surface area contributed by atoms with Gasteiger partial charge in [-0.25, -0.2) is 8.42 Å². The molecule has 1 aromatic carbocycles. The molecule has 1 heterocycles. The second-order valence-corrected chi connectivity index (χ2v) is 8.76. The third kappa shape index (κ3) is 5.31. The van der Waals surface area contributed by atoms with E-state index in [0.29, 0.717) is 30.4 Å². The van der Waals surface area contributed by atoms with Crippen molar-refractivity contribution >= 4 is 15.9 Å². The highest BCUT2D eigenvalue weighted by Crippen LogP contribution is 2.20. The van der Waals surface area contributed by atoms with Gasteiger partial charge in [-0.2, -0.15) is 4.31 Å². The van der Waals surface area contributed by atoms with Crippen LogP contribution in [0.2, 0.25) is 0 Å². The zero-order chi connectivity index (χ0) is 17.6. The van der Waals surface area contributed by atoms with Gasteiger partial charge in [0, 0.05) is 19.6 Å². The Hall–Kier alpha value is -1.40. The Morgan fingerprint density at radius 3 is 2.33 bits per heavy atom. The van der Waals surface area contributed by atoms with Gasteiger partial charge in [-0.05, 0) is 42.9 Å². The molecule has 5 nitrogen and oxygen atoms in total. The number of piperidine rings is 1. The van der Waals surface area contributed by atoms with Crippen molar-refractivity contribution < 1.29 is 13.2 Å². The Balaban J connectivity index is 1.93. The van der Waals surface area contributed by atoms with Crippen molar-refractivity contribution in [1.29, 1.82) is 0 Å². The topological polar surface area (TPSA) is 66.5 Å². The predicted octanol–water partition coefficient (Wildman–Crippen LogP) is 2.57. The zero-order valence-electron chi connectivity index (χ0n) is 14.6. The third-order valence-electron chi connectivity index (χ3n) is 4.28. The number of carbonyl (C=O) groups is 1. The molecule has 0 aliphatic carbocycles. The molecule has 1 aliphatic rings. The van der Waals surface area contributed by atoms with E-state index in [1.54, 1.807) is 28.6 Å². The minimum atomic E-state index is -3.40. The standard InChI is InChI=1S/C18H28N2O3S/c1-15(2)10-11-19-18(21)14-16-6-8-17(9-7-16)24(22,23)20-12-4-3-5-13-20/h6-9,15H,3-5,10-14H2,1-2H3,(H,19,21). The van der Waals surface area contributed by atoms with Crippen LogP contribution in [0.5, 0.6) is 0 Å². The van der Waals surface area contributed by atoms with Crippen molar-refractivity contribution in [2.75, 3.05) is 19.6 Å². The largest absolute Gasteiger partial charge is 0.356 e. The van der Waals surface area contributed by atoms with Crippen LogP contribution in [-0.2, 0) is 21.2 Å². The molecule has 1 N–H and O–H groups in total. The predicted molar refractivity (Wildman–Crippen MR) is 95.2 cm³/mol. The fourth-order valence-electron chi connectivity index (χ4n) is 2.78. The Labute approximate surface area is 145 Å². The van der Waals surface area contributed by atoms with E-state index in [-0.39, 0.29) is 12.3 Å². The fraction of sp³-hybridized carbons (Fsp3) is 0.611. The van der Waals surface area contributed by atoms with Crippen LogP contribution in [0.25, 0.3) is 0 Å². The Morgan fingerprint density at radius 2 is 1.75 bits per heavy atom. The van der Waals surface area contributed by atoms with Crippen molar-refractivity contribution in [3.8, 4) is 0 Å². The van der Waals surface area contributed by atoms with E-state index in [1.165, 1.54) is 0 Å². The molecule has 1 amide bonds. The number of amides is 1. The molecule has 0 unspecified atom stereocenters. The molecule has 0 saturated carbocycles. The van der Waals surface area contributed by atoms with Crippen molar-refractivity contribution in [3.05, 3.63) is 29.8 Å². The van der Waals surface area contributed by atoms with Crippen LogP contribution in [0.3, 0.4) is 0 Å². The minimum Gasteiger partial charge on any atom is -0.356 e. The van der Waals surface area contributed by atoms with E-state index in [1.807, 2.05) is 0 Å². The van der Waals surface area contributed by atoms with Gasteiger partial charge in [0.2, 0.25) is 15.9 Å². The molecule has 0 spiro atoms. The number of rotatable bonds is 7. The van der Waals surface area contributed by atoms with Gasteiger partial charge in [0.25, 0.3) is 0 Å². The molecule has 0 atom stereocenters. The highest BCUT2D eigenvalue weighted by molar-refractivity contribution is 7.89. The summed E-state index contributed by atoms with van der Waals surface area (Å²) >= 11 is 0. The van der Waals surface area contributed by atoms with Gasteiger partial charge >= 0.3 is 0 Å². The van der Waals surface area contributed by atoms with Gasteiger partial charge in [0.05, 0.1) is 11.3 Å². The summed E-state index contributed by atoms with van der Waals surface area (Å²) in [7, 11) is -3.40. The molecule has 6 heteroatoms. The fourth-order valence-corrected chi connectivity index (χ4v) is 4.30. The van der Waals surface area contributed by atoms with Gasteiger partial charge in [-0.3, -0.25) is 4.79 Å². The van der Waals surface area contributed by atoms with E-state index in [2.05, 4.69) is 19.2 Å². The average molecular weight is 353 g/mol. The van der Waals surface area contributed by atoms with Crippen LogP contribution < -0.4 is 5.32 Å². The maximum Gasteiger partial charge on any atom is 0.243 e. The molecule has 24 heavy (non-hydrogen) atoms. The monoisotopic (exact) mass is 352 g/mol. The number of hydrogen-bond acceptors (Lipinski definition) is 3. The SMILES string of the molecule is CC(C)CCNC(=O)Cc1ccc(S(=O)(=O)N2CCCCC2)cc1. The van der Waals surface area contributed by atoms with Gasteiger partial charge in [-0.1, -0.05) is 32.4 Å². The van der Waals surface area contributed by atoms with Crippen LogP contribution in [0.1, 0.15) is 45.1 Å². The van der Waals surface area contributed by atoms with Crippen LogP contribution in [0, 0.1) is 5.92 Å². The summed E-state index contributed by atoms with van der Waals surface area (Å²) in [6, 6.07) is 6.69. The Kier molecular flexibility index (Phi) is 6.80. The second kappa shape index (κ2) is 8.62. The molecule has 2 rings (SSSR count). The summed E-state index contributed by atoms with van der Waals surface area (Å²) in [6.07, 6.45) is 4.18. The van der Waals surface area contributed by atoms with Crippen LogP contribution in [0.4, 0.5) is 0 Å². The first kappa shape index (κ1) is 18.9. The third-order valence-corrected chi connectivity index (χ3v) is 6.20. The number of nitrogens with zero attached hydrogens (tertiary/aromatic N) is 1. The lowest BCUT2D eigenvalue weighted by atomic mass is 10.1. The van der Waals surface area contributed by atoms with Gasteiger partial charge < -0.3 is 5.32 Å². The first-order valence-corrected chi connectivity index (χ1v) is 10.2. The number of benzene rings is 1. The molecular formula is C18H28N2O3S. The smallest absolute Gasteiger partial charge is 0.243 e.